The van der Waals surface area contributed by atoms with E-state index in [1.54, 1.807) is 21.3 Å². The van der Waals surface area contributed by atoms with Crippen molar-refractivity contribution in [3.8, 4) is 28.5 Å². The van der Waals surface area contributed by atoms with Gasteiger partial charge in [-0.25, -0.2) is 4.98 Å². The van der Waals surface area contributed by atoms with Crippen LogP contribution in [-0.4, -0.2) is 26.3 Å². The fourth-order valence-corrected chi connectivity index (χ4v) is 2.22. The molecule has 0 atom stereocenters. The molecule has 0 bridgehead atoms. The number of rotatable bonds is 4. The number of nitrogen functional groups attached to an aromatic ring is 1. The van der Waals surface area contributed by atoms with E-state index in [1.165, 1.54) is 11.3 Å². The number of benzene rings is 1. The maximum Gasteiger partial charge on any atom is 0.203 e. The van der Waals surface area contributed by atoms with Crippen molar-refractivity contribution in [3.63, 3.8) is 0 Å². The highest BCUT2D eigenvalue weighted by Crippen LogP contribution is 2.41. The number of hydrogen-bond acceptors (Lipinski definition) is 6. The summed E-state index contributed by atoms with van der Waals surface area (Å²) in [7, 11) is 4.73. The van der Waals surface area contributed by atoms with Crippen LogP contribution in [0, 0.1) is 0 Å². The second kappa shape index (κ2) is 6.49. The molecule has 104 valence electrons. The zero-order chi connectivity index (χ0) is 13.1. The van der Waals surface area contributed by atoms with Gasteiger partial charge in [0.1, 0.15) is 0 Å². The monoisotopic (exact) mass is 302 g/mol. The minimum atomic E-state index is 0. The van der Waals surface area contributed by atoms with Gasteiger partial charge in [-0.15, -0.1) is 23.7 Å². The zero-order valence-electron chi connectivity index (χ0n) is 10.8. The van der Waals surface area contributed by atoms with Crippen molar-refractivity contribution in [2.24, 2.45) is 0 Å². The molecule has 0 radical (unpaired) electrons. The third-order valence-electron chi connectivity index (χ3n) is 2.48. The number of ether oxygens (including phenoxy) is 3. The Morgan fingerprint density at radius 3 is 2.00 bits per heavy atom. The van der Waals surface area contributed by atoms with Gasteiger partial charge in [0.2, 0.25) is 5.75 Å². The van der Waals surface area contributed by atoms with E-state index in [0.29, 0.717) is 22.4 Å². The van der Waals surface area contributed by atoms with Gasteiger partial charge in [-0.2, -0.15) is 0 Å². The SMILES string of the molecule is COc1cc(-c2csc(N)n2)cc(OC)c1OC.Cl. The van der Waals surface area contributed by atoms with Gasteiger partial charge in [0.05, 0.1) is 27.0 Å². The number of nitrogens with two attached hydrogens (primary N) is 1. The minimum Gasteiger partial charge on any atom is -0.493 e. The molecule has 0 amide bonds. The van der Waals surface area contributed by atoms with Crippen LogP contribution < -0.4 is 19.9 Å². The highest BCUT2D eigenvalue weighted by atomic mass is 35.5. The van der Waals surface area contributed by atoms with Gasteiger partial charge in [0.25, 0.3) is 0 Å². The van der Waals surface area contributed by atoms with Crippen molar-refractivity contribution < 1.29 is 14.2 Å². The first-order valence-corrected chi connectivity index (χ1v) is 6.09. The van der Waals surface area contributed by atoms with Crippen LogP contribution in [0.15, 0.2) is 17.5 Å². The molecular formula is C12H15ClN2O3S. The second-order valence-electron chi connectivity index (χ2n) is 3.48. The lowest BCUT2D eigenvalue weighted by Crippen LogP contribution is -1.95. The maximum atomic E-state index is 5.63. The zero-order valence-corrected chi connectivity index (χ0v) is 12.4. The molecule has 7 heteroatoms. The fourth-order valence-electron chi connectivity index (χ4n) is 1.65. The van der Waals surface area contributed by atoms with Gasteiger partial charge < -0.3 is 19.9 Å². The van der Waals surface area contributed by atoms with E-state index in [9.17, 15) is 0 Å². The summed E-state index contributed by atoms with van der Waals surface area (Å²) in [4.78, 5) is 4.23. The fraction of sp³-hybridized carbons (Fsp3) is 0.250. The van der Waals surface area contributed by atoms with E-state index in [-0.39, 0.29) is 12.4 Å². The van der Waals surface area contributed by atoms with Crippen LogP contribution in [0.3, 0.4) is 0 Å². The van der Waals surface area contributed by atoms with Crippen molar-refractivity contribution in [2.45, 2.75) is 0 Å². The van der Waals surface area contributed by atoms with Crippen LogP contribution in [-0.2, 0) is 0 Å². The molecule has 1 heterocycles. The molecule has 2 rings (SSSR count). The molecule has 1 aromatic heterocycles. The number of nitrogens with zero attached hydrogens (tertiary/aromatic N) is 1. The molecule has 0 fully saturated rings. The second-order valence-corrected chi connectivity index (χ2v) is 4.37. The molecule has 0 unspecified atom stereocenters. The predicted molar refractivity (Wildman–Crippen MR) is 78.9 cm³/mol. The highest BCUT2D eigenvalue weighted by Gasteiger charge is 2.15. The summed E-state index contributed by atoms with van der Waals surface area (Å²) in [6.07, 6.45) is 0. The average Bonchev–Trinajstić information content (AvgIpc) is 2.83. The third kappa shape index (κ3) is 3.02. The van der Waals surface area contributed by atoms with Gasteiger partial charge in [-0.3, -0.25) is 0 Å². The Bertz CT molecular complexity index is 535. The summed E-state index contributed by atoms with van der Waals surface area (Å²) >= 11 is 1.39. The molecule has 0 spiro atoms. The lowest BCUT2D eigenvalue weighted by molar-refractivity contribution is 0.324. The average molecular weight is 303 g/mol. The molecule has 19 heavy (non-hydrogen) atoms. The summed E-state index contributed by atoms with van der Waals surface area (Å²) < 4.78 is 15.8. The maximum absolute atomic E-state index is 5.63. The summed E-state index contributed by atoms with van der Waals surface area (Å²) in [5.41, 5.74) is 7.29. The number of thiazole rings is 1. The molecule has 0 aliphatic carbocycles. The first kappa shape index (κ1) is 15.4. The topological polar surface area (TPSA) is 66.6 Å². The molecule has 1 aromatic carbocycles. The standard InChI is InChI=1S/C12H14N2O3S.ClH/c1-15-9-4-7(8-6-18-12(13)14-8)5-10(16-2)11(9)17-3;/h4-6H,1-3H3,(H2,13,14);1H. The molecule has 0 saturated carbocycles. The Kier molecular flexibility index (Phi) is 5.26. The molecular weight excluding hydrogens is 288 g/mol. The lowest BCUT2D eigenvalue weighted by Gasteiger charge is -2.13. The quantitative estimate of drug-likeness (QED) is 0.940. The van der Waals surface area contributed by atoms with Crippen molar-refractivity contribution >= 4 is 28.9 Å². The van der Waals surface area contributed by atoms with E-state index in [0.717, 1.165) is 11.3 Å². The van der Waals surface area contributed by atoms with Crippen molar-refractivity contribution in [1.82, 2.24) is 4.98 Å². The molecule has 5 nitrogen and oxygen atoms in total. The minimum absolute atomic E-state index is 0. The molecule has 0 aliphatic heterocycles. The van der Waals surface area contributed by atoms with Gasteiger partial charge in [-0.1, -0.05) is 0 Å². The number of hydrogen-bond donors (Lipinski definition) is 1. The Labute approximate surface area is 121 Å². The number of halogens is 1. The Morgan fingerprint density at radius 1 is 1.05 bits per heavy atom. The van der Waals surface area contributed by atoms with Gasteiger partial charge in [0.15, 0.2) is 16.6 Å². The van der Waals surface area contributed by atoms with Crippen molar-refractivity contribution in [3.05, 3.63) is 17.5 Å². The largest absolute Gasteiger partial charge is 0.493 e. The predicted octanol–water partition coefficient (Wildman–Crippen LogP) is 2.84. The third-order valence-corrected chi connectivity index (χ3v) is 3.16. The van der Waals surface area contributed by atoms with Gasteiger partial charge >= 0.3 is 0 Å². The van der Waals surface area contributed by atoms with Crippen LogP contribution in [0.25, 0.3) is 11.3 Å². The molecule has 0 aliphatic rings. The molecule has 2 N–H and O–H groups in total. The van der Waals surface area contributed by atoms with Crippen LogP contribution >= 0.6 is 23.7 Å². The Balaban J connectivity index is 0.00000180. The van der Waals surface area contributed by atoms with Crippen molar-refractivity contribution in [1.29, 1.82) is 0 Å². The van der Waals surface area contributed by atoms with Gasteiger partial charge in [-0.05, 0) is 12.1 Å². The summed E-state index contributed by atoms with van der Waals surface area (Å²) in [6.45, 7) is 0. The Morgan fingerprint density at radius 2 is 1.63 bits per heavy atom. The summed E-state index contributed by atoms with van der Waals surface area (Å²) in [5.74, 6) is 1.75. The first-order valence-electron chi connectivity index (χ1n) is 5.21. The van der Waals surface area contributed by atoms with E-state index in [2.05, 4.69) is 4.98 Å². The number of aromatic nitrogens is 1. The van der Waals surface area contributed by atoms with E-state index < -0.39 is 0 Å². The number of methoxy groups -OCH3 is 3. The van der Waals surface area contributed by atoms with Crippen LogP contribution in [0.4, 0.5) is 5.13 Å². The summed E-state index contributed by atoms with van der Waals surface area (Å²) in [6, 6.07) is 3.69. The lowest BCUT2D eigenvalue weighted by atomic mass is 10.1. The number of anilines is 1. The first-order chi connectivity index (χ1) is 8.69. The molecule has 2 aromatic rings. The van der Waals surface area contributed by atoms with Crippen LogP contribution in [0.2, 0.25) is 0 Å². The van der Waals surface area contributed by atoms with Gasteiger partial charge in [0, 0.05) is 10.9 Å². The van der Waals surface area contributed by atoms with Crippen LogP contribution in [0.1, 0.15) is 0 Å². The smallest absolute Gasteiger partial charge is 0.203 e. The normalized spacial score (nSPS) is 9.63. The van der Waals surface area contributed by atoms with Crippen LogP contribution in [0.5, 0.6) is 17.2 Å². The van der Waals surface area contributed by atoms with E-state index in [4.69, 9.17) is 19.9 Å². The van der Waals surface area contributed by atoms with E-state index >= 15 is 0 Å². The molecule has 0 saturated heterocycles. The van der Waals surface area contributed by atoms with E-state index in [1.807, 2.05) is 17.5 Å². The highest BCUT2D eigenvalue weighted by molar-refractivity contribution is 7.13. The summed E-state index contributed by atoms with van der Waals surface area (Å²) in [5, 5.41) is 2.41. The van der Waals surface area contributed by atoms with Crippen molar-refractivity contribution in [2.75, 3.05) is 27.1 Å². The Hall–Kier alpha value is -1.66.